The largest absolute Gasteiger partial charge is 0.338 e. The molecule has 2 aromatic rings. The van der Waals surface area contributed by atoms with Gasteiger partial charge >= 0.3 is 0 Å². The van der Waals surface area contributed by atoms with Crippen LogP contribution >= 0.6 is 0 Å². The number of hydrogen-bond acceptors (Lipinski definition) is 4. The standard InChI is InChI=1S/C15H21N3O/c1-10-6-7-14(11(2)8-10)9-18(5)12(3)15-16-13(4)17-19-15/h6-8,12H,9H2,1-5H3. The first kappa shape index (κ1) is 13.7. The van der Waals surface area contributed by atoms with E-state index in [1.54, 1.807) is 0 Å². The fourth-order valence-electron chi connectivity index (χ4n) is 2.10. The van der Waals surface area contributed by atoms with Crippen molar-refractivity contribution in [3.63, 3.8) is 0 Å². The van der Waals surface area contributed by atoms with E-state index in [9.17, 15) is 0 Å². The summed E-state index contributed by atoms with van der Waals surface area (Å²) >= 11 is 0. The topological polar surface area (TPSA) is 42.2 Å². The van der Waals surface area contributed by atoms with Crippen LogP contribution < -0.4 is 0 Å². The minimum absolute atomic E-state index is 0.113. The van der Waals surface area contributed by atoms with Crippen molar-refractivity contribution in [1.82, 2.24) is 15.0 Å². The van der Waals surface area contributed by atoms with E-state index in [0.717, 1.165) is 6.54 Å². The summed E-state index contributed by atoms with van der Waals surface area (Å²) in [6.45, 7) is 9.05. The van der Waals surface area contributed by atoms with E-state index >= 15 is 0 Å². The van der Waals surface area contributed by atoms with Crippen molar-refractivity contribution in [3.8, 4) is 0 Å². The predicted octanol–water partition coefficient (Wildman–Crippen LogP) is 3.19. The van der Waals surface area contributed by atoms with E-state index in [1.807, 2.05) is 6.92 Å². The van der Waals surface area contributed by atoms with Crippen LogP contribution in [0.5, 0.6) is 0 Å². The molecule has 1 aromatic carbocycles. The molecular weight excluding hydrogens is 238 g/mol. The Balaban J connectivity index is 2.10. The first-order chi connectivity index (χ1) is 8.97. The van der Waals surface area contributed by atoms with Gasteiger partial charge < -0.3 is 4.52 Å². The molecule has 0 fully saturated rings. The Bertz CT molecular complexity index is 562. The maximum atomic E-state index is 5.23. The molecule has 0 aliphatic rings. The molecule has 2 rings (SSSR count). The third-order valence-corrected chi connectivity index (χ3v) is 3.48. The lowest BCUT2D eigenvalue weighted by molar-refractivity contribution is 0.202. The molecule has 0 aliphatic carbocycles. The summed E-state index contributed by atoms with van der Waals surface area (Å²) in [7, 11) is 2.07. The van der Waals surface area contributed by atoms with Gasteiger partial charge in [0.2, 0.25) is 5.89 Å². The second kappa shape index (κ2) is 5.53. The van der Waals surface area contributed by atoms with Crippen molar-refractivity contribution < 1.29 is 4.52 Å². The zero-order valence-electron chi connectivity index (χ0n) is 12.3. The zero-order valence-corrected chi connectivity index (χ0v) is 12.3. The highest BCUT2D eigenvalue weighted by Crippen LogP contribution is 2.20. The van der Waals surface area contributed by atoms with Crippen LogP contribution in [0.15, 0.2) is 22.7 Å². The van der Waals surface area contributed by atoms with Gasteiger partial charge in [0.25, 0.3) is 0 Å². The van der Waals surface area contributed by atoms with E-state index in [-0.39, 0.29) is 6.04 Å². The summed E-state index contributed by atoms with van der Waals surface area (Å²) in [6, 6.07) is 6.66. The zero-order chi connectivity index (χ0) is 14.0. The predicted molar refractivity (Wildman–Crippen MR) is 74.8 cm³/mol. The van der Waals surface area contributed by atoms with Crippen molar-refractivity contribution in [1.29, 1.82) is 0 Å². The minimum Gasteiger partial charge on any atom is -0.338 e. The Kier molecular flexibility index (Phi) is 4.00. The van der Waals surface area contributed by atoms with Crippen molar-refractivity contribution >= 4 is 0 Å². The number of nitrogens with zero attached hydrogens (tertiary/aromatic N) is 3. The van der Waals surface area contributed by atoms with E-state index < -0.39 is 0 Å². The van der Waals surface area contributed by atoms with Crippen LogP contribution in [0.2, 0.25) is 0 Å². The van der Waals surface area contributed by atoms with E-state index in [1.165, 1.54) is 16.7 Å². The second-order valence-corrected chi connectivity index (χ2v) is 5.20. The molecule has 19 heavy (non-hydrogen) atoms. The van der Waals surface area contributed by atoms with Crippen LogP contribution in [0.25, 0.3) is 0 Å². The minimum atomic E-state index is 0.113. The summed E-state index contributed by atoms with van der Waals surface area (Å²) < 4.78 is 5.23. The highest BCUT2D eigenvalue weighted by atomic mass is 16.5. The third kappa shape index (κ3) is 3.20. The molecular formula is C15H21N3O. The maximum absolute atomic E-state index is 5.23. The van der Waals surface area contributed by atoms with Crippen molar-refractivity contribution in [2.75, 3.05) is 7.05 Å². The summed E-state index contributed by atoms with van der Waals surface area (Å²) in [6.07, 6.45) is 0. The van der Waals surface area contributed by atoms with Gasteiger partial charge in [0.15, 0.2) is 5.82 Å². The number of hydrogen-bond donors (Lipinski definition) is 0. The number of aromatic nitrogens is 2. The Morgan fingerprint density at radius 2 is 2.00 bits per heavy atom. The molecule has 1 heterocycles. The fraction of sp³-hybridized carbons (Fsp3) is 0.467. The van der Waals surface area contributed by atoms with Crippen LogP contribution in [0.1, 0.15) is 41.4 Å². The molecule has 0 aliphatic heterocycles. The van der Waals surface area contributed by atoms with Crippen molar-refractivity contribution in [2.45, 2.75) is 40.3 Å². The second-order valence-electron chi connectivity index (χ2n) is 5.20. The smallest absolute Gasteiger partial charge is 0.243 e. The molecule has 0 spiro atoms. The van der Waals surface area contributed by atoms with Gasteiger partial charge in [0.05, 0.1) is 6.04 Å². The van der Waals surface area contributed by atoms with Crippen molar-refractivity contribution in [2.24, 2.45) is 0 Å². The Morgan fingerprint density at radius 1 is 1.26 bits per heavy atom. The van der Waals surface area contributed by atoms with E-state index in [4.69, 9.17) is 4.52 Å². The van der Waals surface area contributed by atoms with Gasteiger partial charge in [-0.25, -0.2) is 0 Å². The van der Waals surface area contributed by atoms with Gasteiger partial charge in [-0.15, -0.1) is 0 Å². The lowest BCUT2D eigenvalue weighted by Crippen LogP contribution is -2.22. The van der Waals surface area contributed by atoms with Crippen LogP contribution in [0.4, 0.5) is 0 Å². The summed E-state index contributed by atoms with van der Waals surface area (Å²) in [4.78, 5) is 6.50. The highest BCUT2D eigenvalue weighted by molar-refractivity contribution is 5.30. The fourth-order valence-corrected chi connectivity index (χ4v) is 2.10. The summed E-state index contributed by atoms with van der Waals surface area (Å²) in [5, 5.41) is 3.84. The first-order valence-corrected chi connectivity index (χ1v) is 6.54. The first-order valence-electron chi connectivity index (χ1n) is 6.54. The SMILES string of the molecule is Cc1ccc(CN(C)C(C)c2nc(C)no2)c(C)c1. The molecule has 0 radical (unpaired) electrons. The lowest BCUT2D eigenvalue weighted by Gasteiger charge is -2.22. The Labute approximate surface area is 114 Å². The van der Waals surface area contributed by atoms with Gasteiger partial charge in [0.1, 0.15) is 0 Å². The molecule has 0 saturated carbocycles. The highest BCUT2D eigenvalue weighted by Gasteiger charge is 2.18. The van der Waals surface area contributed by atoms with Crippen LogP contribution in [0.3, 0.4) is 0 Å². The molecule has 0 amide bonds. The molecule has 4 heteroatoms. The molecule has 1 unspecified atom stereocenters. The van der Waals surface area contributed by atoms with E-state index in [0.29, 0.717) is 11.7 Å². The molecule has 102 valence electrons. The average Bonchev–Trinajstić information content (AvgIpc) is 2.78. The number of benzene rings is 1. The van der Waals surface area contributed by atoms with Crippen molar-refractivity contribution in [3.05, 3.63) is 46.6 Å². The van der Waals surface area contributed by atoms with Gasteiger partial charge in [-0.2, -0.15) is 4.98 Å². The van der Waals surface area contributed by atoms with Gasteiger partial charge in [-0.05, 0) is 45.9 Å². The number of rotatable bonds is 4. The van der Waals surface area contributed by atoms with Crippen LogP contribution in [-0.2, 0) is 6.54 Å². The average molecular weight is 259 g/mol. The van der Waals surface area contributed by atoms with E-state index in [2.05, 4.69) is 61.1 Å². The molecule has 1 aromatic heterocycles. The van der Waals surface area contributed by atoms with Crippen LogP contribution in [0, 0.1) is 20.8 Å². The molecule has 1 atom stereocenters. The quantitative estimate of drug-likeness (QED) is 0.845. The Hall–Kier alpha value is -1.68. The molecule has 0 bridgehead atoms. The normalized spacial score (nSPS) is 12.9. The number of aryl methyl sites for hydroxylation is 3. The van der Waals surface area contributed by atoms with Crippen LogP contribution in [-0.4, -0.2) is 22.1 Å². The van der Waals surface area contributed by atoms with Gasteiger partial charge in [0, 0.05) is 6.54 Å². The third-order valence-electron chi connectivity index (χ3n) is 3.48. The summed E-state index contributed by atoms with van der Waals surface area (Å²) in [5.41, 5.74) is 3.95. The Morgan fingerprint density at radius 3 is 2.58 bits per heavy atom. The lowest BCUT2D eigenvalue weighted by atomic mass is 10.1. The molecule has 4 nitrogen and oxygen atoms in total. The molecule has 0 N–H and O–H groups in total. The monoisotopic (exact) mass is 259 g/mol. The summed E-state index contributed by atoms with van der Waals surface area (Å²) in [5.74, 6) is 1.35. The van der Waals surface area contributed by atoms with Gasteiger partial charge in [-0.1, -0.05) is 28.9 Å². The maximum Gasteiger partial charge on any atom is 0.243 e. The molecule has 0 saturated heterocycles. The van der Waals surface area contributed by atoms with Gasteiger partial charge in [-0.3, -0.25) is 4.90 Å².